The third-order valence-corrected chi connectivity index (χ3v) is 3.91. The molecule has 0 aliphatic carbocycles. The van der Waals surface area contributed by atoms with Crippen LogP contribution >= 0.6 is 0 Å². The standard InChI is InChI=1S/C16H12O7/c17-8-3-1-2-7(14(8)19)10-4-9(18)13-11(23-10)5-12-16(15(13)20)22-6-21-12/h1-3,5,10,17,19-20H,4,6H2. The number of hydrogen-bond donors (Lipinski definition) is 3. The van der Waals surface area contributed by atoms with Crippen LogP contribution in [0.5, 0.6) is 34.5 Å². The normalized spacial score (nSPS) is 18.4. The summed E-state index contributed by atoms with van der Waals surface area (Å²) in [5.74, 6) is -0.727. The summed E-state index contributed by atoms with van der Waals surface area (Å²) in [7, 11) is 0. The molecular weight excluding hydrogens is 304 g/mol. The Morgan fingerprint density at radius 1 is 1.04 bits per heavy atom. The number of rotatable bonds is 1. The van der Waals surface area contributed by atoms with E-state index in [-0.39, 0.29) is 59.1 Å². The van der Waals surface area contributed by atoms with Crippen molar-refractivity contribution in [2.24, 2.45) is 0 Å². The van der Waals surface area contributed by atoms with Gasteiger partial charge in [-0.3, -0.25) is 4.79 Å². The number of aromatic hydroxyl groups is 3. The summed E-state index contributed by atoms with van der Waals surface area (Å²) in [4.78, 5) is 12.4. The third kappa shape index (κ3) is 1.93. The smallest absolute Gasteiger partial charge is 0.231 e. The maximum absolute atomic E-state index is 12.4. The highest BCUT2D eigenvalue weighted by atomic mass is 16.7. The first kappa shape index (κ1) is 13.6. The summed E-state index contributed by atoms with van der Waals surface area (Å²) >= 11 is 0. The summed E-state index contributed by atoms with van der Waals surface area (Å²) in [6, 6.07) is 5.91. The van der Waals surface area contributed by atoms with Crippen molar-refractivity contribution in [1.82, 2.24) is 0 Å². The van der Waals surface area contributed by atoms with Crippen molar-refractivity contribution in [2.45, 2.75) is 12.5 Å². The zero-order valence-corrected chi connectivity index (χ0v) is 11.8. The fourth-order valence-electron chi connectivity index (χ4n) is 2.81. The average Bonchev–Trinajstić information content (AvgIpc) is 2.98. The van der Waals surface area contributed by atoms with E-state index in [0.717, 1.165) is 0 Å². The monoisotopic (exact) mass is 316 g/mol. The molecule has 1 atom stereocenters. The number of carbonyl (C=O) groups excluding carboxylic acids is 1. The van der Waals surface area contributed by atoms with Crippen LogP contribution in [0.4, 0.5) is 0 Å². The van der Waals surface area contributed by atoms with Crippen LogP contribution in [0.15, 0.2) is 24.3 Å². The van der Waals surface area contributed by atoms with Crippen LogP contribution < -0.4 is 14.2 Å². The Hall–Kier alpha value is -3.09. The largest absolute Gasteiger partial charge is 0.504 e. The van der Waals surface area contributed by atoms with Crippen molar-refractivity contribution in [3.05, 3.63) is 35.4 Å². The third-order valence-electron chi connectivity index (χ3n) is 3.91. The van der Waals surface area contributed by atoms with E-state index in [1.165, 1.54) is 12.1 Å². The van der Waals surface area contributed by atoms with Crippen LogP contribution in [0.1, 0.15) is 28.4 Å². The molecule has 4 rings (SSSR count). The van der Waals surface area contributed by atoms with E-state index in [0.29, 0.717) is 5.56 Å². The molecule has 0 saturated heterocycles. The molecule has 118 valence electrons. The second-order valence-corrected chi connectivity index (χ2v) is 5.28. The average molecular weight is 316 g/mol. The number of Topliss-reactive ketones (excluding diaryl/α,β-unsaturated/α-hetero) is 1. The molecule has 0 spiro atoms. The van der Waals surface area contributed by atoms with Gasteiger partial charge >= 0.3 is 0 Å². The molecule has 0 radical (unpaired) electrons. The van der Waals surface area contributed by atoms with Crippen molar-refractivity contribution in [1.29, 1.82) is 0 Å². The van der Waals surface area contributed by atoms with E-state index in [1.54, 1.807) is 12.1 Å². The predicted molar refractivity (Wildman–Crippen MR) is 76.3 cm³/mol. The van der Waals surface area contributed by atoms with E-state index in [4.69, 9.17) is 14.2 Å². The summed E-state index contributed by atoms with van der Waals surface area (Å²) < 4.78 is 16.1. The Labute approximate surface area is 130 Å². The van der Waals surface area contributed by atoms with Crippen molar-refractivity contribution in [3.63, 3.8) is 0 Å². The number of ketones is 1. The Morgan fingerprint density at radius 3 is 2.70 bits per heavy atom. The molecule has 3 N–H and O–H groups in total. The number of hydrogen-bond acceptors (Lipinski definition) is 7. The molecule has 2 heterocycles. The molecule has 0 amide bonds. The summed E-state index contributed by atoms with van der Waals surface area (Å²) in [5.41, 5.74) is 0.325. The Kier molecular flexibility index (Phi) is 2.77. The highest BCUT2D eigenvalue weighted by Crippen LogP contribution is 2.51. The van der Waals surface area contributed by atoms with Gasteiger partial charge in [-0.1, -0.05) is 12.1 Å². The summed E-state index contributed by atoms with van der Waals surface area (Å²) in [6.07, 6.45) is -0.862. The number of carbonyl (C=O) groups is 1. The molecule has 2 aliphatic rings. The number of para-hydroxylation sites is 1. The van der Waals surface area contributed by atoms with Gasteiger partial charge < -0.3 is 29.5 Å². The van der Waals surface area contributed by atoms with E-state index in [9.17, 15) is 20.1 Å². The summed E-state index contributed by atoms with van der Waals surface area (Å²) in [6.45, 7) is -0.0449. The highest BCUT2D eigenvalue weighted by Gasteiger charge is 2.36. The Morgan fingerprint density at radius 2 is 1.87 bits per heavy atom. The minimum Gasteiger partial charge on any atom is -0.504 e. The maximum Gasteiger partial charge on any atom is 0.231 e. The van der Waals surface area contributed by atoms with Crippen LogP contribution in [-0.2, 0) is 0 Å². The molecule has 1 unspecified atom stereocenters. The van der Waals surface area contributed by atoms with Gasteiger partial charge in [-0.2, -0.15) is 0 Å². The lowest BCUT2D eigenvalue weighted by Gasteiger charge is -2.26. The van der Waals surface area contributed by atoms with Crippen LogP contribution in [0.2, 0.25) is 0 Å². The Bertz CT molecular complexity index is 828. The number of benzene rings is 2. The molecule has 0 bridgehead atoms. The molecule has 2 aromatic carbocycles. The molecule has 0 aromatic heterocycles. The lowest BCUT2D eigenvalue weighted by molar-refractivity contribution is 0.0841. The van der Waals surface area contributed by atoms with Gasteiger partial charge in [0.2, 0.25) is 12.5 Å². The zero-order chi connectivity index (χ0) is 16.1. The van der Waals surface area contributed by atoms with Gasteiger partial charge in [0.25, 0.3) is 0 Å². The molecular formula is C16H12O7. The molecule has 7 heteroatoms. The van der Waals surface area contributed by atoms with Crippen molar-refractivity contribution in [2.75, 3.05) is 6.79 Å². The van der Waals surface area contributed by atoms with Crippen molar-refractivity contribution < 1.29 is 34.3 Å². The summed E-state index contributed by atoms with van der Waals surface area (Å²) in [5, 5.41) is 29.7. The number of phenols is 3. The first-order valence-electron chi connectivity index (χ1n) is 6.92. The lowest BCUT2D eigenvalue weighted by atomic mass is 9.94. The SMILES string of the molecule is O=C1CC(c2cccc(O)c2O)Oc2cc3c(c(O)c21)OCO3. The van der Waals surface area contributed by atoms with Gasteiger partial charge in [-0.25, -0.2) is 0 Å². The van der Waals surface area contributed by atoms with Gasteiger partial charge in [-0.15, -0.1) is 0 Å². The minimum absolute atomic E-state index is 0.0325. The van der Waals surface area contributed by atoms with E-state index < -0.39 is 6.10 Å². The predicted octanol–water partition coefficient (Wildman–Crippen LogP) is 2.24. The van der Waals surface area contributed by atoms with Crippen LogP contribution in [-0.4, -0.2) is 27.9 Å². The molecule has 2 aliphatic heterocycles. The van der Waals surface area contributed by atoms with Gasteiger partial charge in [0.1, 0.15) is 17.4 Å². The van der Waals surface area contributed by atoms with Crippen LogP contribution in [0.3, 0.4) is 0 Å². The first-order valence-corrected chi connectivity index (χ1v) is 6.92. The van der Waals surface area contributed by atoms with Crippen LogP contribution in [0.25, 0.3) is 0 Å². The van der Waals surface area contributed by atoms with Gasteiger partial charge in [0.05, 0.1) is 6.42 Å². The van der Waals surface area contributed by atoms with Crippen molar-refractivity contribution >= 4 is 5.78 Å². The van der Waals surface area contributed by atoms with Gasteiger partial charge in [-0.05, 0) is 6.07 Å². The van der Waals surface area contributed by atoms with Crippen LogP contribution in [0, 0.1) is 0 Å². The molecule has 23 heavy (non-hydrogen) atoms. The molecule has 7 nitrogen and oxygen atoms in total. The minimum atomic E-state index is -0.776. The molecule has 0 saturated carbocycles. The Balaban J connectivity index is 1.80. The lowest BCUT2D eigenvalue weighted by Crippen LogP contribution is -2.20. The van der Waals surface area contributed by atoms with E-state index in [1.807, 2.05) is 0 Å². The first-order chi connectivity index (χ1) is 11.1. The number of phenolic OH excluding ortho intramolecular Hbond substituents is 3. The van der Waals surface area contributed by atoms with Gasteiger partial charge in [0.15, 0.2) is 28.8 Å². The number of fused-ring (bicyclic) bond motifs is 2. The topological polar surface area (TPSA) is 105 Å². The molecule has 2 aromatic rings. The second kappa shape index (κ2) is 4.70. The zero-order valence-electron chi connectivity index (χ0n) is 11.8. The second-order valence-electron chi connectivity index (χ2n) is 5.28. The molecule has 0 fully saturated rings. The maximum atomic E-state index is 12.4. The highest BCUT2D eigenvalue weighted by molar-refractivity contribution is 6.03. The van der Waals surface area contributed by atoms with Gasteiger partial charge in [0, 0.05) is 11.6 Å². The van der Waals surface area contributed by atoms with Crippen molar-refractivity contribution in [3.8, 4) is 34.5 Å². The number of ether oxygens (including phenoxy) is 3. The quantitative estimate of drug-likeness (QED) is 0.693. The van der Waals surface area contributed by atoms with E-state index >= 15 is 0 Å². The fourth-order valence-corrected chi connectivity index (χ4v) is 2.81. The van der Waals surface area contributed by atoms with E-state index in [2.05, 4.69) is 0 Å². The fraction of sp³-hybridized carbons (Fsp3) is 0.188.